The van der Waals surface area contributed by atoms with Crippen LogP contribution < -0.4 is 5.32 Å². The summed E-state index contributed by atoms with van der Waals surface area (Å²) in [6.07, 6.45) is 3.80. The van der Waals surface area contributed by atoms with Crippen LogP contribution in [0.4, 0.5) is 0 Å². The van der Waals surface area contributed by atoms with Crippen molar-refractivity contribution in [1.29, 1.82) is 0 Å². The molecule has 2 heterocycles. The molecule has 0 spiro atoms. The highest BCUT2D eigenvalue weighted by Gasteiger charge is 2.07. The van der Waals surface area contributed by atoms with Gasteiger partial charge in [0.25, 0.3) is 0 Å². The Kier molecular flexibility index (Phi) is 4.03. The van der Waals surface area contributed by atoms with Crippen molar-refractivity contribution in [3.8, 4) is 5.69 Å². The van der Waals surface area contributed by atoms with Gasteiger partial charge in [0, 0.05) is 34.8 Å². The first-order chi connectivity index (χ1) is 10.1. The molecule has 1 N–H and O–H groups in total. The molecule has 0 atom stereocenters. The molecule has 2 aromatic heterocycles. The lowest BCUT2D eigenvalue weighted by atomic mass is 10.2. The molecule has 0 aliphatic carbocycles. The van der Waals surface area contributed by atoms with E-state index in [0.29, 0.717) is 6.04 Å². The number of fused-ring (bicyclic) bond motifs is 1. The molecule has 21 heavy (non-hydrogen) atoms. The summed E-state index contributed by atoms with van der Waals surface area (Å²) in [4.78, 5) is 4.52. The molecule has 0 amide bonds. The van der Waals surface area contributed by atoms with Crippen molar-refractivity contribution in [3.63, 3.8) is 0 Å². The van der Waals surface area contributed by atoms with Gasteiger partial charge in [-0.15, -0.1) is 0 Å². The molecule has 0 aliphatic heterocycles. The topological polar surface area (TPSA) is 42.7 Å². The summed E-state index contributed by atoms with van der Waals surface area (Å²) in [6.45, 7) is 5.03. The Labute approximate surface area is 132 Å². The summed E-state index contributed by atoms with van der Waals surface area (Å²) in [5, 5.41) is 9.10. The average Bonchev–Trinajstić information content (AvgIpc) is 2.93. The third-order valence-electron chi connectivity index (χ3n) is 3.24. The quantitative estimate of drug-likeness (QED) is 0.784. The number of aromatic nitrogens is 3. The van der Waals surface area contributed by atoms with E-state index in [1.807, 2.05) is 35.3 Å². The average molecular weight is 345 g/mol. The van der Waals surface area contributed by atoms with Crippen LogP contribution in [0.2, 0.25) is 0 Å². The summed E-state index contributed by atoms with van der Waals surface area (Å²) in [5.74, 6) is 0. The van der Waals surface area contributed by atoms with Crippen LogP contribution in [-0.2, 0) is 6.54 Å². The van der Waals surface area contributed by atoms with E-state index in [-0.39, 0.29) is 0 Å². The minimum absolute atomic E-state index is 0.451. The van der Waals surface area contributed by atoms with Crippen molar-refractivity contribution in [1.82, 2.24) is 20.1 Å². The highest BCUT2D eigenvalue weighted by Crippen LogP contribution is 2.22. The van der Waals surface area contributed by atoms with E-state index in [0.717, 1.165) is 33.3 Å². The zero-order chi connectivity index (χ0) is 14.8. The van der Waals surface area contributed by atoms with Gasteiger partial charge in [-0.1, -0.05) is 26.0 Å². The van der Waals surface area contributed by atoms with Gasteiger partial charge < -0.3 is 5.32 Å². The SMILES string of the molecule is CC(C)NCc1ccn(-c2cccc3cc(Br)cnc23)n1. The Hall–Kier alpha value is -1.72. The zero-order valence-electron chi connectivity index (χ0n) is 12.0. The Balaban J connectivity index is 1.97. The lowest BCUT2D eigenvalue weighted by Gasteiger charge is -2.07. The van der Waals surface area contributed by atoms with Crippen LogP contribution in [0.5, 0.6) is 0 Å². The Morgan fingerprint density at radius 2 is 2.14 bits per heavy atom. The van der Waals surface area contributed by atoms with Crippen LogP contribution in [0.3, 0.4) is 0 Å². The maximum atomic E-state index is 4.63. The molecule has 0 bridgehead atoms. The molecule has 0 aliphatic rings. The number of hydrogen-bond donors (Lipinski definition) is 1. The molecular formula is C16H17BrN4. The van der Waals surface area contributed by atoms with Gasteiger partial charge in [-0.3, -0.25) is 4.98 Å². The van der Waals surface area contributed by atoms with Gasteiger partial charge in [-0.25, -0.2) is 4.68 Å². The predicted octanol–water partition coefficient (Wildman–Crippen LogP) is 3.68. The number of benzene rings is 1. The molecule has 4 nitrogen and oxygen atoms in total. The first-order valence-corrected chi connectivity index (χ1v) is 7.75. The van der Waals surface area contributed by atoms with E-state index < -0.39 is 0 Å². The zero-order valence-corrected chi connectivity index (χ0v) is 13.6. The van der Waals surface area contributed by atoms with Crippen LogP contribution in [0, 0.1) is 0 Å². The van der Waals surface area contributed by atoms with Crippen LogP contribution >= 0.6 is 15.9 Å². The fraction of sp³-hybridized carbons (Fsp3) is 0.250. The normalized spacial score (nSPS) is 11.4. The highest BCUT2D eigenvalue weighted by molar-refractivity contribution is 9.10. The molecule has 108 valence electrons. The minimum Gasteiger partial charge on any atom is -0.309 e. The van der Waals surface area contributed by atoms with Crippen molar-refractivity contribution in [2.45, 2.75) is 26.4 Å². The third kappa shape index (κ3) is 3.14. The number of halogens is 1. The fourth-order valence-electron chi connectivity index (χ4n) is 2.20. The molecular weight excluding hydrogens is 328 g/mol. The number of nitrogens with zero attached hydrogens (tertiary/aromatic N) is 3. The lowest BCUT2D eigenvalue weighted by Crippen LogP contribution is -2.22. The molecule has 1 aromatic carbocycles. The van der Waals surface area contributed by atoms with Crippen molar-refractivity contribution in [3.05, 3.63) is 52.9 Å². The second kappa shape index (κ2) is 5.95. The van der Waals surface area contributed by atoms with Crippen LogP contribution in [-0.4, -0.2) is 20.8 Å². The number of para-hydroxylation sites is 1. The summed E-state index contributed by atoms with van der Waals surface area (Å²) in [7, 11) is 0. The van der Waals surface area contributed by atoms with Gasteiger partial charge in [0.15, 0.2) is 0 Å². The molecule has 0 unspecified atom stereocenters. The maximum absolute atomic E-state index is 4.63. The van der Waals surface area contributed by atoms with E-state index in [1.165, 1.54) is 0 Å². The number of pyridine rings is 1. The second-order valence-electron chi connectivity index (χ2n) is 5.29. The lowest BCUT2D eigenvalue weighted by molar-refractivity contribution is 0.578. The molecule has 0 radical (unpaired) electrons. The van der Waals surface area contributed by atoms with Crippen molar-refractivity contribution < 1.29 is 0 Å². The van der Waals surface area contributed by atoms with Gasteiger partial charge >= 0.3 is 0 Å². The Morgan fingerprint density at radius 1 is 1.29 bits per heavy atom. The molecule has 0 saturated carbocycles. The molecule has 3 aromatic rings. The fourth-order valence-corrected chi connectivity index (χ4v) is 2.55. The Bertz CT molecular complexity index is 764. The van der Waals surface area contributed by atoms with Gasteiger partial charge in [0.2, 0.25) is 0 Å². The number of nitrogens with one attached hydrogen (secondary N) is 1. The van der Waals surface area contributed by atoms with Gasteiger partial charge in [0.1, 0.15) is 0 Å². The van der Waals surface area contributed by atoms with Crippen LogP contribution in [0.25, 0.3) is 16.6 Å². The van der Waals surface area contributed by atoms with Gasteiger partial charge in [0.05, 0.1) is 16.9 Å². The minimum atomic E-state index is 0.451. The first kappa shape index (κ1) is 14.2. The number of rotatable bonds is 4. The standard InChI is InChI=1S/C16H17BrN4/c1-11(2)18-10-14-6-7-21(20-14)15-5-3-4-12-8-13(17)9-19-16(12)15/h3-9,11,18H,10H2,1-2H3. The van der Waals surface area contributed by atoms with E-state index in [2.05, 4.69) is 57.3 Å². The van der Waals surface area contributed by atoms with Crippen molar-refractivity contribution in [2.75, 3.05) is 0 Å². The van der Waals surface area contributed by atoms with E-state index in [4.69, 9.17) is 0 Å². The first-order valence-electron chi connectivity index (χ1n) is 6.96. The van der Waals surface area contributed by atoms with Gasteiger partial charge in [-0.2, -0.15) is 5.10 Å². The molecule has 0 saturated heterocycles. The molecule has 3 rings (SSSR count). The number of hydrogen-bond acceptors (Lipinski definition) is 3. The summed E-state index contributed by atoms with van der Waals surface area (Å²) in [5.41, 5.74) is 2.97. The second-order valence-corrected chi connectivity index (χ2v) is 6.21. The van der Waals surface area contributed by atoms with E-state index in [1.54, 1.807) is 0 Å². The van der Waals surface area contributed by atoms with Crippen molar-refractivity contribution in [2.24, 2.45) is 0 Å². The maximum Gasteiger partial charge on any atom is 0.0959 e. The van der Waals surface area contributed by atoms with Crippen molar-refractivity contribution >= 4 is 26.8 Å². The summed E-state index contributed by atoms with van der Waals surface area (Å²) in [6, 6.07) is 10.7. The predicted molar refractivity (Wildman–Crippen MR) is 88.5 cm³/mol. The Morgan fingerprint density at radius 3 is 2.95 bits per heavy atom. The largest absolute Gasteiger partial charge is 0.309 e. The third-order valence-corrected chi connectivity index (χ3v) is 3.67. The summed E-state index contributed by atoms with van der Waals surface area (Å²) >= 11 is 3.46. The van der Waals surface area contributed by atoms with E-state index in [9.17, 15) is 0 Å². The summed E-state index contributed by atoms with van der Waals surface area (Å²) < 4.78 is 2.87. The molecule has 5 heteroatoms. The van der Waals surface area contributed by atoms with Crippen LogP contribution in [0.1, 0.15) is 19.5 Å². The van der Waals surface area contributed by atoms with E-state index >= 15 is 0 Å². The smallest absolute Gasteiger partial charge is 0.0959 e. The molecule has 0 fully saturated rings. The monoisotopic (exact) mass is 344 g/mol. The van der Waals surface area contributed by atoms with Gasteiger partial charge in [-0.05, 0) is 34.1 Å². The van der Waals surface area contributed by atoms with Crippen LogP contribution in [0.15, 0.2) is 47.2 Å². The highest BCUT2D eigenvalue weighted by atomic mass is 79.9.